The van der Waals surface area contributed by atoms with Gasteiger partial charge >= 0.3 is 0 Å². The smallest absolute Gasteiger partial charge is 0.0893 e. The molecule has 0 bridgehead atoms. The molecule has 0 aromatic rings. The number of hydrogen-bond donors (Lipinski definition) is 1. The summed E-state index contributed by atoms with van der Waals surface area (Å²) < 4.78 is 5.38. The Morgan fingerprint density at radius 2 is 2.18 bits per heavy atom. The maximum absolute atomic E-state index is 10.2. The first kappa shape index (κ1) is 12.7. The molecule has 0 spiro atoms. The number of aliphatic hydroxyl groups is 1. The summed E-state index contributed by atoms with van der Waals surface area (Å²) in [6.07, 6.45) is 9.14. The van der Waals surface area contributed by atoms with Gasteiger partial charge in [-0.2, -0.15) is 0 Å². The van der Waals surface area contributed by atoms with E-state index < -0.39 is 5.60 Å². The molecule has 1 aliphatic heterocycles. The molecule has 0 radical (unpaired) electrons. The zero-order valence-corrected chi connectivity index (χ0v) is 11.4. The zero-order chi connectivity index (χ0) is 12.7. The SMILES string of the molecule is CC1=COC=C[C@]2(C)CC[C@@H](C(C)(C)O)C[C@H]12. The normalized spacial score (nSPS) is 37.8. The second kappa shape index (κ2) is 4.16. The van der Waals surface area contributed by atoms with E-state index in [1.807, 2.05) is 26.4 Å². The first-order valence-corrected chi connectivity index (χ1v) is 6.55. The lowest BCUT2D eigenvalue weighted by molar-refractivity contribution is -0.0244. The second-order valence-electron chi connectivity index (χ2n) is 6.48. The van der Waals surface area contributed by atoms with Crippen LogP contribution in [0, 0.1) is 17.3 Å². The average Bonchev–Trinajstić information content (AvgIpc) is 2.36. The molecule has 1 fully saturated rings. The minimum absolute atomic E-state index is 0.193. The maximum Gasteiger partial charge on any atom is 0.0893 e. The van der Waals surface area contributed by atoms with Gasteiger partial charge in [-0.25, -0.2) is 0 Å². The quantitative estimate of drug-likeness (QED) is 0.753. The number of ether oxygens (including phenoxy) is 1. The lowest BCUT2D eigenvalue weighted by Gasteiger charge is -2.45. The molecule has 2 nitrogen and oxygen atoms in total. The minimum Gasteiger partial charge on any atom is -0.473 e. The van der Waals surface area contributed by atoms with Gasteiger partial charge in [-0.3, -0.25) is 0 Å². The van der Waals surface area contributed by atoms with Crippen molar-refractivity contribution in [2.75, 3.05) is 0 Å². The van der Waals surface area contributed by atoms with Gasteiger partial charge in [0.15, 0.2) is 0 Å². The molecule has 96 valence electrons. The molecule has 1 aliphatic carbocycles. The fourth-order valence-electron chi connectivity index (χ4n) is 3.30. The highest BCUT2D eigenvalue weighted by molar-refractivity contribution is 5.17. The van der Waals surface area contributed by atoms with Crippen molar-refractivity contribution in [2.24, 2.45) is 17.3 Å². The molecule has 3 atom stereocenters. The Morgan fingerprint density at radius 1 is 1.47 bits per heavy atom. The van der Waals surface area contributed by atoms with E-state index in [0.29, 0.717) is 11.8 Å². The second-order valence-corrected chi connectivity index (χ2v) is 6.48. The predicted molar refractivity (Wildman–Crippen MR) is 69.2 cm³/mol. The standard InChI is InChI=1S/C15H24O2/c1-11-10-17-8-7-15(4)6-5-12(9-13(11)15)14(2,3)16/h7-8,10,12-13,16H,5-6,9H2,1-4H3/t12-,13-,15+/m1/s1. The topological polar surface area (TPSA) is 29.5 Å². The van der Waals surface area contributed by atoms with Crippen molar-refractivity contribution >= 4 is 0 Å². The van der Waals surface area contributed by atoms with E-state index in [4.69, 9.17) is 4.74 Å². The van der Waals surface area contributed by atoms with Crippen LogP contribution in [0.25, 0.3) is 0 Å². The Hall–Kier alpha value is -0.760. The van der Waals surface area contributed by atoms with Crippen LogP contribution < -0.4 is 0 Å². The summed E-state index contributed by atoms with van der Waals surface area (Å²) in [6.45, 7) is 8.31. The van der Waals surface area contributed by atoms with E-state index >= 15 is 0 Å². The number of hydrogen-bond acceptors (Lipinski definition) is 2. The van der Waals surface area contributed by atoms with Crippen molar-refractivity contribution in [3.63, 3.8) is 0 Å². The minimum atomic E-state index is -0.571. The lowest BCUT2D eigenvalue weighted by atomic mass is 9.60. The van der Waals surface area contributed by atoms with E-state index in [-0.39, 0.29) is 5.41 Å². The molecule has 2 rings (SSSR count). The highest BCUT2D eigenvalue weighted by atomic mass is 16.5. The number of rotatable bonds is 1. The summed E-state index contributed by atoms with van der Waals surface area (Å²) in [4.78, 5) is 0. The molecular weight excluding hydrogens is 212 g/mol. The van der Waals surface area contributed by atoms with Gasteiger partial charge in [-0.1, -0.05) is 6.92 Å². The van der Waals surface area contributed by atoms with E-state index in [1.54, 1.807) is 0 Å². The third-order valence-electron chi connectivity index (χ3n) is 4.68. The van der Waals surface area contributed by atoms with Crippen molar-refractivity contribution in [1.29, 1.82) is 0 Å². The molecule has 0 unspecified atom stereocenters. The van der Waals surface area contributed by atoms with E-state index in [2.05, 4.69) is 19.9 Å². The van der Waals surface area contributed by atoms with Crippen molar-refractivity contribution in [2.45, 2.75) is 52.6 Å². The molecular formula is C15H24O2. The Kier molecular flexibility index (Phi) is 3.11. The Morgan fingerprint density at radius 3 is 2.82 bits per heavy atom. The number of fused-ring (bicyclic) bond motifs is 1. The summed E-state index contributed by atoms with van der Waals surface area (Å²) in [5.74, 6) is 0.877. The molecule has 2 heteroatoms. The average molecular weight is 236 g/mol. The first-order chi connectivity index (χ1) is 7.83. The van der Waals surface area contributed by atoms with Gasteiger partial charge < -0.3 is 9.84 Å². The van der Waals surface area contributed by atoms with Crippen molar-refractivity contribution < 1.29 is 9.84 Å². The molecule has 1 saturated carbocycles. The van der Waals surface area contributed by atoms with Crippen LogP contribution in [-0.4, -0.2) is 10.7 Å². The molecule has 0 amide bonds. The third kappa shape index (κ3) is 2.42. The van der Waals surface area contributed by atoms with Crippen LogP contribution in [0.4, 0.5) is 0 Å². The molecule has 0 aromatic carbocycles. The van der Waals surface area contributed by atoms with Gasteiger partial charge in [0.05, 0.1) is 18.1 Å². The van der Waals surface area contributed by atoms with E-state index in [9.17, 15) is 5.11 Å². The van der Waals surface area contributed by atoms with E-state index in [1.165, 1.54) is 5.57 Å². The summed E-state index contributed by atoms with van der Waals surface area (Å²) in [7, 11) is 0. The Bertz CT molecular complexity index is 348. The zero-order valence-electron chi connectivity index (χ0n) is 11.4. The number of allylic oxidation sites excluding steroid dienone is 2. The van der Waals surface area contributed by atoms with Gasteiger partial charge in [0.1, 0.15) is 0 Å². The monoisotopic (exact) mass is 236 g/mol. The molecule has 2 aliphatic rings. The molecule has 0 saturated heterocycles. The maximum atomic E-state index is 10.2. The van der Waals surface area contributed by atoms with Crippen LogP contribution in [0.15, 0.2) is 24.2 Å². The Balaban J connectivity index is 2.25. The summed E-state index contributed by atoms with van der Waals surface area (Å²) in [6, 6.07) is 0. The predicted octanol–water partition coefficient (Wildman–Crippen LogP) is 3.63. The lowest BCUT2D eigenvalue weighted by Crippen LogP contribution is -2.41. The molecule has 17 heavy (non-hydrogen) atoms. The third-order valence-corrected chi connectivity index (χ3v) is 4.68. The van der Waals surface area contributed by atoms with Crippen molar-refractivity contribution in [3.8, 4) is 0 Å². The summed E-state index contributed by atoms with van der Waals surface area (Å²) in [5.41, 5.74) is 0.920. The molecule has 0 aromatic heterocycles. The van der Waals surface area contributed by atoms with Gasteiger partial charge in [0.25, 0.3) is 0 Å². The van der Waals surface area contributed by atoms with Crippen LogP contribution in [0.5, 0.6) is 0 Å². The van der Waals surface area contributed by atoms with E-state index in [0.717, 1.165) is 19.3 Å². The summed E-state index contributed by atoms with van der Waals surface area (Å²) in [5, 5.41) is 10.2. The fraction of sp³-hybridized carbons (Fsp3) is 0.733. The van der Waals surface area contributed by atoms with Crippen molar-refractivity contribution in [3.05, 3.63) is 24.2 Å². The van der Waals surface area contributed by atoms with Gasteiger partial charge in [0.2, 0.25) is 0 Å². The highest BCUT2D eigenvalue weighted by Gasteiger charge is 2.43. The fourth-order valence-corrected chi connectivity index (χ4v) is 3.30. The largest absolute Gasteiger partial charge is 0.473 e. The van der Waals surface area contributed by atoms with Gasteiger partial charge in [-0.05, 0) is 68.9 Å². The van der Waals surface area contributed by atoms with Crippen LogP contribution in [-0.2, 0) is 4.74 Å². The van der Waals surface area contributed by atoms with Crippen LogP contribution >= 0.6 is 0 Å². The highest BCUT2D eigenvalue weighted by Crippen LogP contribution is 2.50. The summed E-state index contributed by atoms with van der Waals surface area (Å²) >= 11 is 0. The molecule has 1 N–H and O–H groups in total. The Labute approximate surface area is 104 Å². The van der Waals surface area contributed by atoms with Gasteiger partial charge in [0, 0.05) is 0 Å². The first-order valence-electron chi connectivity index (χ1n) is 6.55. The van der Waals surface area contributed by atoms with Crippen molar-refractivity contribution in [1.82, 2.24) is 0 Å². The van der Waals surface area contributed by atoms with Crippen LogP contribution in [0.2, 0.25) is 0 Å². The van der Waals surface area contributed by atoms with Crippen LogP contribution in [0.3, 0.4) is 0 Å². The van der Waals surface area contributed by atoms with Crippen LogP contribution in [0.1, 0.15) is 47.0 Å². The van der Waals surface area contributed by atoms with Gasteiger partial charge in [-0.15, -0.1) is 0 Å². The molecule has 1 heterocycles.